The molecule has 1 aromatic heterocycles. The third-order valence-corrected chi connectivity index (χ3v) is 4.70. The van der Waals surface area contributed by atoms with Crippen LogP contribution in [0.25, 0.3) is 0 Å². The van der Waals surface area contributed by atoms with Crippen molar-refractivity contribution in [2.45, 2.75) is 46.3 Å². The number of ether oxygens (including phenoxy) is 1. The molecule has 0 amide bonds. The van der Waals surface area contributed by atoms with Crippen LogP contribution >= 0.6 is 11.3 Å². The van der Waals surface area contributed by atoms with Gasteiger partial charge in [0.05, 0.1) is 0 Å². The van der Waals surface area contributed by atoms with Gasteiger partial charge in [-0.25, -0.2) is 0 Å². The second kappa shape index (κ2) is 6.42. The summed E-state index contributed by atoms with van der Waals surface area (Å²) in [5, 5.41) is 2.10. The van der Waals surface area contributed by atoms with Crippen molar-refractivity contribution in [1.82, 2.24) is 0 Å². The molecule has 2 unspecified atom stereocenters. The Hall–Kier alpha value is -1.32. The molecule has 0 aliphatic rings. The number of hydrogen-bond acceptors (Lipinski definition) is 3. The minimum absolute atomic E-state index is 0.00672. The van der Waals surface area contributed by atoms with E-state index in [1.807, 2.05) is 0 Å². The molecule has 0 radical (unpaired) electrons. The normalized spacial score (nSPS) is 14.1. The van der Waals surface area contributed by atoms with Crippen LogP contribution in [-0.2, 0) is 0 Å². The molecule has 2 rings (SSSR count). The van der Waals surface area contributed by atoms with Crippen LogP contribution in [-0.4, -0.2) is 6.04 Å². The van der Waals surface area contributed by atoms with Gasteiger partial charge in [-0.3, -0.25) is 0 Å². The van der Waals surface area contributed by atoms with E-state index in [1.165, 1.54) is 16.0 Å². The molecule has 0 spiro atoms. The molecule has 0 saturated heterocycles. The summed E-state index contributed by atoms with van der Waals surface area (Å²) in [5.74, 6) is 0.937. The van der Waals surface area contributed by atoms with Crippen molar-refractivity contribution in [3.05, 3.63) is 51.2 Å². The van der Waals surface area contributed by atoms with Crippen LogP contribution < -0.4 is 10.5 Å². The number of nitrogens with two attached hydrogens (primary N) is 1. The second-order valence-electron chi connectivity index (χ2n) is 5.35. The average Bonchev–Trinajstić information content (AvgIpc) is 2.85. The molecule has 1 aromatic carbocycles. The molecule has 2 aromatic rings. The van der Waals surface area contributed by atoms with E-state index in [2.05, 4.69) is 57.3 Å². The van der Waals surface area contributed by atoms with E-state index in [1.54, 1.807) is 11.3 Å². The van der Waals surface area contributed by atoms with Gasteiger partial charge in [0.15, 0.2) is 0 Å². The fraction of sp³-hybridized carbons (Fsp3) is 0.412. The second-order valence-corrected chi connectivity index (χ2v) is 6.30. The topological polar surface area (TPSA) is 35.2 Å². The summed E-state index contributed by atoms with van der Waals surface area (Å²) in [5.41, 5.74) is 9.91. The van der Waals surface area contributed by atoms with E-state index >= 15 is 0 Å². The maximum atomic E-state index is 6.29. The zero-order chi connectivity index (χ0) is 14.7. The quantitative estimate of drug-likeness (QED) is 0.877. The molecule has 2 atom stereocenters. The van der Waals surface area contributed by atoms with E-state index < -0.39 is 0 Å². The number of aryl methyl sites for hydroxylation is 3. The Kier molecular flexibility index (Phi) is 4.84. The zero-order valence-electron chi connectivity index (χ0n) is 12.6. The summed E-state index contributed by atoms with van der Waals surface area (Å²) in [4.78, 5) is 1.24. The molecular formula is C17H23NOS. The van der Waals surface area contributed by atoms with Gasteiger partial charge in [-0.05, 0) is 61.4 Å². The summed E-state index contributed by atoms with van der Waals surface area (Å²) in [6, 6.07) is 8.43. The molecule has 0 fully saturated rings. The van der Waals surface area contributed by atoms with Crippen LogP contribution in [0.2, 0.25) is 0 Å². The number of rotatable bonds is 5. The molecule has 1 heterocycles. The Morgan fingerprint density at radius 2 is 1.90 bits per heavy atom. The van der Waals surface area contributed by atoms with Gasteiger partial charge in [0.2, 0.25) is 0 Å². The van der Waals surface area contributed by atoms with Gasteiger partial charge in [-0.2, -0.15) is 0 Å². The smallest absolute Gasteiger partial charge is 0.148 e. The number of hydrogen-bond donors (Lipinski definition) is 1. The van der Waals surface area contributed by atoms with Crippen LogP contribution in [0.5, 0.6) is 5.75 Å². The third kappa shape index (κ3) is 3.22. The van der Waals surface area contributed by atoms with Crippen molar-refractivity contribution in [3.63, 3.8) is 0 Å². The first-order valence-corrected chi connectivity index (χ1v) is 7.94. The summed E-state index contributed by atoms with van der Waals surface area (Å²) in [6.45, 7) is 8.38. The Morgan fingerprint density at radius 1 is 1.15 bits per heavy atom. The maximum absolute atomic E-state index is 6.29. The Labute approximate surface area is 125 Å². The van der Waals surface area contributed by atoms with Crippen LogP contribution in [0.15, 0.2) is 29.6 Å². The van der Waals surface area contributed by atoms with Gasteiger partial charge in [-0.1, -0.05) is 19.1 Å². The van der Waals surface area contributed by atoms with Gasteiger partial charge in [0.25, 0.3) is 0 Å². The number of thiophene rings is 1. The highest BCUT2D eigenvalue weighted by molar-refractivity contribution is 7.10. The molecule has 2 N–H and O–H groups in total. The van der Waals surface area contributed by atoms with Crippen LogP contribution in [0.4, 0.5) is 0 Å². The summed E-state index contributed by atoms with van der Waals surface area (Å²) >= 11 is 1.73. The monoisotopic (exact) mass is 289 g/mol. The predicted molar refractivity (Wildman–Crippen MR) is 86.6 cm³/mol. The average molecular weight is 289 g/mol. The first-order chi connectivity index (χ1) is 9.52. The van der Waals surface area contributed by atoms with Crippen LogP contribution in [0.1, 0.15) is 41.0 Å². The minimum Gasteiger partial charge on any atom is -0.483 e. The molecule has 108 valence electrons. The summed E-state index contributed by atoms with van der Waals surface area (Å²) in [6.07, 6.45) is 0.827. The SMILES string of the molecule is CCC(N)C(Oc1cc(C)ccc1C)c1sccc1C. The van der Waals surface area contributed by atoms with Gasteiger partial charge in [0, 0.05) is 10.9 Å². The highest BCUT2D eigenvalue weighted by Gasteiger charge is 2.24. The van der Waals surface area contributed by atoms with E-state index in [0.717, 1.165) is 17.7 Å². The highest BCUT2D eigenvalue weighted by atomic mass is 32.1. The fourth-order valence-electron chi connectivity index (χ4n) is 2.20. The van der Waals surface area contributed by atoms with Crippen LogP contribution in [0.3, 0.4) is 0 Å². The molecule has 2 nitrogen and oxygen atoms in total. The third-order valence-electron chi connectivity index (χ3n) is 3.62. The molecular weight excluding hydrogens is 266 g/mol. The van der Waals surface area contributed by atoms with Crippen LogP contribution in [0, 0.1) is 20.8 Å². The molecule has 20 heavy (non-hydrogen) atoms. The van der Waals surface area contributed by atoms with Gasteiger partial charge >= 0.3 is 0 Å². The van der Waals surface area contributed by atoms with Crippen molar-refractivity contribution in [1.29, 1.82) is 0 Å². The molecule has 0 aliphatic carbocycles. The lowest BCUT2D eigenvalue weighted by Crippen LogP contribution is -2.31. The molecule has 3 heteroatoms. The van der Waals surface area contributed by atoms with E-state index in [0.29, 0.717) is 0 Å². The minimum atomic E-state index is -0.0690. The Balaban J connectivity index is 2.33. The van der Waals surface area contributed by atoms with Crippen molar-refractivity contribution < 1.29 is 4.74 Å². The van der Waals surface area contributed by atoms with E-state index in [4.69, 9.17) is 10.5 Å². The predicted octanol–water partition coefficient (Wildman–Crippen LogP) is 4.53. The van der Waals surface area contributed by atoms with Gasteiger partial charge in [-0.15, -0.1) is 11.3 Å². The largest absolute Gasteiger partial charge is 0.483 e. The lowest BCUT2D eigenvalue weighted by molar-refractivity contribution is 0.173. The molecule has 0 aliphatic heterocycles. The van der Waals surface area contributed by atoms with Gasteiger partial charge < -0.3 is 10.5 Å². The lowest BCUT2D eigenvalue weighted by atomic mass is 10.0. The standard InChI is InChI=1S/C17H23NOS/c1-5-14(18)16(17-13(4)8-9-20-17)19-15-10-11(2)6-7-12(15)3/h6-10,14,16H,5,18H2,1-4H3. The molecule has 0 saturated carbocycles. The molecule has 0 bridgehead atoms. The van der Waals surface area contributed by atoms with Crippen molar-refractivity contribution >= 4 is 11.3 Å². The Bertz CT molecular complexity index is 576. The summed E-state index contributed by atoms with van der Waals surface area (Å²) in [7, 11) is 0. The first-order valence-electron chi connectivity index (χ1n) is 7.06. The van der Waals surface area contributed by atoms with Gasteiger partial charge in [0.1, 0.15) is 11.9 Å². The first kappa shape index (κ1) is 15.1. The summed E-state index contributed by atoms with van der Waals surface area (Å²) < 4.78 is 6.29. The van der Waals surface area contributed by atoms with Crippen molar-refractivity contribution in [3.8, 4) is 5.75 Å². The Morgan fingerprint density at radius 3 is 2.50 bits per heavy atom. The fourth-order valence-corrected chi connectivity index (χ4v) is 3.23. The van der Waals surface area contributed by atoms with E-state index in [-0.39, 0.29) is 12.1 Å². The van der Waals surface area contributed by atoms with Crippen molar-refractivity contribution in [2.24, 2.45) is 5.73 Å². The van der Waals surface area contributed by atoms with Crippen molar-refractivity contribution in [2.75, 3.05) is 0 Å². The van der Waals surface area contributed by atoms with E-state index in [9.17, 15) is 0 Å². The zero-order valence-corrected chi connectivity index (χ0v) is 13.5. The lowest BCUT2D eigenvalue weighted by Gasteiger charge is -2.25. The maximum Gasteiger partial charge on any atom is 0.148 e. The number of benzene rings is 1. The highest BCUT2D eigenvalue weighted by Crippen LogP contribution is 2.33.